The normalized spacial score (nSPS) is 26.2. The highest BCUT2D eigenvalue weighted by atomic mass is 32.1. The van der Waals surface area contributed by atoms with Gasteiger partial charge >= 0.3 is 6.01 Å². The second kappa shape index (κ2) is 10.5. The van der Waals surface area contributed by atoms with Crippen LogP contribution in [0.5, 0.6) is 6.01 Å². The van der Waals surface area contributed by atoms with Crippen molar-refractivity contribution in [1.82, 2.24) is 25.3 Å². The molecule has 3 atom stereocenters. The van der Waals surface area contributed by atoms with E-state index in [4.69, 9.17) is 36.5 Å². The number of nitrogen functional groups attached to an aromatic ring is 1. The number of hydrogen-bond donors (Lipinski definition) is 2. The van der Waals surface area contributed by atoms with Crippen molar-refractivity contribution in [2.75, 3.05) is 43.9 Å². The minimum atomic E-state index is -0.454. The maximum Gasteiger partial charge on any atom is 0.320 e. The van der Waals surface area contributed by atoms with Crippen LogP contribution in [0.1, 0.15) is 78.6 Å². The van der Waals surface area contributed by atoms with Gasteiger partial charge in [-0.25, -0.2) is 0 Å². The van der Waals surface area contributed by atoms with Gasteiger partial charge in [0, 0.05) is 47.1 Å². The number of terminal acetylenes is 1. The predicted octanol–water partition coefficient (Wildman–Crippen LogP) is 4.02. The second-order valence-corrected chi connectivity index (χ2v) is 14.4. The van der Waals surface area contributed by atoms with Crippen LogP contribution in [0.15, 0.2) is 10.6 Å². The molecule has 10 nitrogen and oxygen atoms in total. The molecule has 2 saturated heterocycles. The van der Waals surface area contributed by atoms with Crippen LogP contribution in [0.3, 0.4) is 0 Å². The Morgan fingerprint density at radius 2 is 2.05 bits per heavy atom. The smallest absolute Gasteiger partial charge is 0.320 e. The van der Waals surface area contributed by atoms with Crippen LogP contribution in [-0.4, -0.2) is 70.9 Å². The number of likely N-dealkylation sites (N-methyl/N-ethyl adjacent to an activating group) is 1. The third-order valence-electron chi connectivity index (χ3n) is 10.7. The first-order valence-corrected chi connectivity index (χ1v) is 16.8. The van der Waals surface area contributed by atoms with Crippen LogP contribution >= 0.6 is 11.3 Å². The number of piperazine rings is 1. The summed E-state index contributed by atoms with van der Waals surface area (Å²) in [6, 6.07) is 4.84. The van der Waals surface area contributed by atoms with E-state index >= 15 is 0 Å². The molecule has 8 rings (SSSR count). The lowest BCUT2D eigenvalue weighted by Crippen LogP contribution is -2.52. The first-order chi connectivity index (χ1) is 21.4. The molecule has 5 heterocycles. The number of likely N-dealkylation sites (tertiary alicyclic amines) is 1. The minimum Gasteiger partial charge on any atom is -0.445 e. The third-order valence-corrected chi connectivity index (χ3v) is 11.8. The molecular formula is C33H38N8O2S. The molecule has 0 aromatic carbocycles. The fourth-order valence-electron chi connectivity index (χ4n) is 8.29. The number of aryl methyl sites for hydroxylation is 1. The summed E-state index contributed by atoms with van der Waals surface area (Å²) in [5, 5.41) is 19.2. The van der Waals surface area contributed by atoms with Gasteiger partial charge in [0.05, 0.1) is 17.3 Å². The molecule has 2 spiro atoms. The quantitative estimate of drug-likeness (QED) is 0.409. The molecule has 3 fully saturated rings. The molecular weight excluding hydrogens is 572 g/mol. The molecule has 0 unspecified atom stereocenters. The van der Waals surface area contributed by atoms with Gasteiger partial charge in [0.25, 0.3) is 0 Å². The summed E-state index contributed by atoms with van der Waals surface area (Å²) in [4.78, 5) is 15.7. The van der Waals surface area contributed by atoms with E-state index < -0.39 is 6.10 Å². The van der Waals surface area contributed by atoms with E-state index in [0.29, 0.717) is 22.0 Å². The van der Waals surface area contributed by atoms with E-state index in [0.717, 1.165) is 100 Å². The van der Waals surface area contributed by atoms with Crippen molar-refractivity contribution in [1.29, 1.82) is 5.26 Å². The van der Waals surface area contributed by atoms with Crippen LogP contribution in [0.2, 0.25) is 0 Å². The van der Waals surface area contributed by atoms with Crippen molar-refractivity contribution in [3.05, 3.63) is 33.3 Å². The molecule has 228 valence electrons. The largest absolute Gasteiger partial charge is 0.445 e. The molecule has 1 saturated carbocycles. The Morgan fingerprint density at radius 1 is 1.20 bits per heavy atom. The molecule has 5 aliphatic rings. The molecule has 3 aromatic heterocycles. The Bertz CT molecular complexity index is 1690. The lowest BCUT2D eigenvalue weighted by Gasteiger charge is -2.39. The van der Waals surface area contributed by atoms with Crippen molar-refractivity contribution in [2.45, 2.75) is 87.3 Å². The highest BCUT2D eigenvalue weighted by Gasteiger charge is 2.49. The molecule has 0 amide bonds. The summed E-state index contributed by atoms with van der Waals surface area (Å²) in [5.41, 5.74) is 10.5. The Morgan fingerprint density at radius 3 is 2.80 bits per heavy atom. The lowest BCUT2D eigenvalue weighted by atomic mass is 9.62. The fourth-order valence-corrected chi connectivity index (χ4v) is 9.46. The monoisotopic (exact) mass is 610 g/mol. The number of nitriles is 1. The van der Waals surface area contributed by atoms with E-state index in [2.05, 4.69) is 34.2 Å². The van der Waals surface area contributed by atoms with Gasteiger partial charge in [-0.1, -0.05) is 11.1 Å². The molecule has 44 heavy (non-hydrogen) atoms. The number of aromatic nitrogens is 3. The van der Waals surface area contributed by atoms with E-state index in [1.54, 1.807) is 11.3 Å². The van der Waals surface area contributed by atoms with Crippen LogP contribution in [0.4, 0.5) is 10.8 Å². The Labute approximate surface area is 262 Å². The topological polar surface area (TPSA) is 129 Å². The number of anilines is 2. The average Bonchev–Trinajstić information content (AvgIpc) is 3.35. The molecule has 0 bridgehead atoms. The van der Waals surface area contributed by atoms with Crippen LogP contribution in [0.25, 0.3) is 11.5 Å². The van der Waals surface area contributed by atoms with Crippen LogP contribution < -0.4 is 20.7 Å². The van der Waals surface area contributed by atoms with E-state index in [1.807, 2.05) is 6.07 Å². The van der Waals surface area contributed by atoms with Gasteiger partial charge in [-0.3, -0.25) is 4.90 Å². The number of ether oxygens (including phenoxy) is 1. The number of fused-ring (bicyclic) bond motifs is 4. The molecule has 11 heteroatoms. The first kappa shape index (κ1) is 27.9. The number of thiophene rings is 1. The summed E-state index contributed by atoms with van der Waals surface area (Å²) in [5.74, 6) is 4.35. The SMILES string of the molecule is C#C[C@H](Oc1nc(-c2onc3c2CCC[C@@]32CCCc3sc(N)c(C#N)c32)cc(N2CCNC3(CC3)C2)n1)[C@@H]1CCCN1C. The zero-order valence-corrected chi connectivity index (χ0v) is 26.0. The first-order valence-electron chi connectivity index (χ1n) is 16.0. The van der Waals surface area contributed by atoms with E-state index in [9.17, 15) is 5.26 Å². The summed E-state index contributed by atoms with van der Waals surface area (Å²) < 4.78 is 12.7. The van der Waals surface area contributed by atoms with Crippen molar-refractivity contribution in [2.24, 2.45) is 0 Å². The molecule has 3 aromatic rings. The molecule has 3 aliphatic carbocycles. The number of nitrogens with two attached hydrogens (primary N) is 1. The Kier molecular flexibility index (Phi) is 6.64. The molecule has 3 N–H and O–H groups in total. The predicted molar refractivity (Wildman–Crippen MR) is 169 cm³/mol. The van der Waals surface area contributed by atoms with Crippen LogP contribution in [0, 0.1) is 23.7 Å². The van der Waals surface area contributed by atoms with Gasteiger partial charge in [-0.2, -0.15) is 15.2 Å². The summed E-state index contributed by atoms with van der Waals surface area (Å²) in [7, 11) is 2.09. The third kappa shape index (κ3) is 4.40. The zero-order chi connectivity index (χ0) is 30.1. The molecule has 0 radical (unpaired) electrons. The maximum atomic E-state index is 10.1. The highest BCUT2D eigenvalue weighted by Crippen LogP contribution is 2.55. The Balaban J connectivity index is 1.22. The van der Waals surface area contributed by atoms with Crippen molar-refractivity contribution >= 4 is 22.2 Å². The Hall–Kier alpha value is -3.64. The van der Waals surface area contributed by atoms with Gasteiger partial charge in [-0.15, -0.1) is 17.8 Å². The van der Waals surface area contributed by atoms with Crippen molar-refractivity contribution in [3.8, 4) is 35.9 Å². The summed E-state index contributed by atoms with van der Waals surface area (Å²) in [6.45, 7) is 3.64. The average molecular weight is 611 g/mol. The molecule has 2 aliphatic heterocycles. The highest BCUT2D eigenvalue weighted by molar-refractivity contribution is 7.16. The standard InChI is InChI=1S/C33H38N8O2S/c1-3-24(23-8-6-15-40(23)2)42-31-37-22(17-26(38-31)41-16-14-36-32(19-41)12-13-32)28-20-7-4-10-33(29(20)39-43-28)11-5-9-25-27(33)21(18-34)30(35)44-25/h1,17,23-24,36H,4-16,19,35H2,2H3/t23-,24-,33-/m0/s1. The zero-order valence-electron chi connectivity index (χ0n) is 25.2. The second-order valence-electron chi connectivity index (χ2n) is 13.3. The summed E-state index contributed by atoms with van der Waals surface area (Å²) in [6.07, 6.45) is 15.6. The fraction of sp³-hybridized carbons (Fsp3) is 0.576. The van der Waals surface area contributed by atoms with Crippen molar-refractivity contribution in [3.63, 3.8) is 0 Å². The number of nitrogens with zero attached hydrogens (tertiary/aromatic N) is 6. The van der Waals surface area contributed by atoms with Crippen LogP contribution in [-0.2, 0) is 18.3 Å². The maximum absolute atomic E-state index is 10.1. The number of rotatable bonds is 5. The van der Waals surface area contributed by atoms with E-state index in [1.165, 1.54) is 17.7 Å². The number of hydrogen-bond acceptors (Lipinski definition) is 11. The van der Waals surface area contributed by atoms with Gasteiger partial charge in [-0.05, 0) is 83.4 Å². The number of nitrogens with one attached hydrogen (secondary N) is 1. The van der Waals surface area contributed by atoms with E-state index in [-0.39, 0.29) is 23.0 Å². The van der Waals surface area contributed by atoms with Gasteiger partial charge < -0.3 is 25.2 Å². The van der Waals surface area contributed by atoms with Gasteiger partial charge in [0.2, 0.25) is 0 Å². The van der Waals surface area contributed by atoms with Crippen molar-refractivity contribution < 1.29 is 9.26 Å². The minimum absolute atomic E-state index is 0.121. The lowest BCUT2D eigenvalue weighted by molar-refractivity contribution is 0.140. The van der Waals surface area contributed by atoms with Gasteiger partial charge in [0.15, 0.2) is 11.9 Å². The van der Waals surface area contributed by atoms with Gasteiger partial charge in [0.1, 0.15) is 22.6 Å². The summed E-state index contributed by atoms with van der Waals surface area (Å²) >= 11 is 1.56.